The lowest BCUT2D eigenvalue weighted by atomic mass is 10.0. The molecule has 1 N–H and O–H groups in total. The standard InChI is InChI=1S/C21H25N3O3/c1-2-27-19-5-3-16(4-6-19)15-20(25)23-18-9-13-24(14-10-18)21(26)17-7-11-22-12-8-17/h3-8,11-12,18H,2,9-10,13-15H2,1H3,(H,23,25). The van der Waals surface area contributed by atoms with Gasteiger partial charge >= 0.3 is 0 Å². The number of pyridine rings is 1. The molecular weight excluding hydrogens is 342 g/mol. The third kappa shape index (κ3) is 5.29. The molecule has 0 radical (unpaired) electrons. The minimum absolute atomic E-state index is 0.0121. The second kappa shape index (κ2) is 9.16. The predicted octanol–water partition coefficient (Wildman–Crippen LogP) is 2.44. The van der Waals surface area contributed by atoms with Crippen LogP contribution in [0, 0.1) is 0 Å². The van der Waals surface area contributed by atoms with E-state index < -0.39 is 0 Å². The van der Waals surface area contributed by atoms with Gasteiger partial charge in [0.2, 0.25) is 5.91 Å². The van der Waals surface area contributed by atoms with Crippen molar-refractivity contribution < 1.29 is 14.3 Å². The second-order valence-corrected chi connectivity index (χ2v) is 6.62. The number of hydrogen-bond acceptors (Lipinski definition) is 4. The van der Waals surface area contributed by atoms with Crippen LogP contribution in [0.15, 0.2) is 48.8 Å². The van der Waals surface area contributed by atoms with E-state index in [9.17, 15) is 9.59 Å². The molecule has 2 amide bonds. The molecule has 1 aliphatic heterocycles. The zero-order valence-electron chi connectivity index (χ0n) is 15.6. The van der Waals surface area contributed by atoms with Crippen LogP contribution in [0.2, 0.25) is 0 Å². The fourth-order valence-corrected chi connectivity index (χ4v) is 3.24. The lowest BCUT2D eigenvalue weighted by molar-refractivity contribution is -0.121. The first-order valence-electron chi connectivity index (χ1n) is 9.36. The van der Waals surface area contributed by atoms with Gasteiger partial charge in [-0.25, -0.2) is 0 Å². The van der Waals surface area contributed by atoms with Gasteiger partial charge in [0.05, 0.1) is 13.0 Å². The average Bonchev–Trinajstić information content (AvgIpc) is 2.70. The molecule has 27 heavy (non-hydrogen) atoms. The van der Waals surface area contributed by atoms with Crippen LogP contribution in [-0.4, -0.2) is 47.4 Å². The van der Waals surface area contributed by atoms with E-state index >= 15 is 0 Å². The van der Waals surface area contributed by atoms with Crippen molar-refractivity contribution in [2.24, 2.45) is 0 Å². The SMILES string of the molecule is CCOc1ccc(CC(=O)NC2CCN(C(=O)c3ccncc3)CC2)cc1. The Morgan fingerprint density at radius 2 is 1.78 bits per heavy atom. The molecule has 1 aliphatic rings. The highest BCUT2D eigenvalue weighted by molar-refractivity contribution is 5.94. The van der Waals surface area contributed by atoms with Gasteiger partial charge < -0.3 is 15.0 Å². The van der Waals surface area contributed by atoms with Crippen LogP contribution in [0.3, 0.4) is 0 Å². The normalized spacial score (nSPS) is 14.6. The first-order chi connectivity index (χ1) is 13.2. The van der Waals surface area contributed by atoms with Gasteiger partial charge in [-0.1, -0.05) is 12.1 Å². The van der Waals surface area contributed by atoms with Crippen LogP contribution < -0.4 is 10.1 Å². The maximum absolute atomic E-state index is 12.4. The van der Waals surface area contributed by atoms with E-state index in [0.29, 0.717) is 31.7 Å². The van der Waals surface area contributed by atoms with Crippen molar-refractivity contribution in [3.8, 4) is 5.75 Å². The fourth-order valence-electron chi connectivity index (χ4n) is 3.24. The number of benzene rings is 1. The van der Waals surface area contributed by atoms with Crippen LogP contribution in [0.5, 0.6) is 5.75 Å². The van der Waals surface area contributed by atoms with E-state index in [0.717, 1.165) is 24.2 Å². The molecule has 3 rings (SSSR count). The molecule has 1 aromatic heterocycles. The highest BCUT2D eigenvalue weighted by Gasteiger charge is 2.24. The molecule has 0 aliphatic carbocycles. The minimum Gasteiger partial charge on any atom is -0.494 e. The molecule has 0 saturated carbocycles. The molecule has 1 saturated heterocycles. The molecule has 6 nitrogen and oxygen atoms in total. The first-order valence-corrected chi connectivity index (χ1v) is 9.36. The quantitative estimate of drug-likeness (QED) is 0.851. The molecule has 0 bridgehead atoms. The number of nitrogens with one attached hydrogen (secondary N) is 1. The molecule has 0 spiro atoms. The maximum atomic E-state index is 12.4. The van der Waals surface area contributed by atoms with Crippen LogP contribution in [0.1, 0.15) is 35.7 Å². The van der Waals surface area contributed by atoms with Gasteiger partial charge in [0.15, 0.2) is 0 Å². The third-order valence-electron chi connectivity index (χ3n) is 4.67. The van der Waals surface area contributed by atoms with Crippen molar-refractivity contribution in [3.63, 3.8) is 0 Å². The van der Waals surface area contributed by atoms with E-state index in [1.807, 2.05) is 36.1 Å². The Morgan fingerprint density at radius 3 is 2.41 bits per heavy atom. The van der Waals surface area contributed by atoms with E-state index in [4.69, 9.17) is 4.74 Å². The van der Waals surface area contributed by atoms with Crippen LogP contribution in [0.25, 0.3) is 0 Å². The van der Waals surface area contributed by atoms with E-state index in [1.54, 1.807) is 24.5 Å². The van der Waals surface area contributed by atoms with Crippen molar-refractivity contribution in [1.82, 2.24) is 15.2 Å². The Hall–Kier alpha value is -2.89. The van der Waals surface area contributed by atoms with Crippen molar-refractivity contribution in [2.45, 2.75) is 32.2 Å². The van der Waals surface area contributed by atoms with Gasteiger partial charge in [-0.15, -0.1) is 0 Å². The Morgan fingerprint density at radius 1 is 1.11 bits per heavy atom. The minimum atomic E-state index is 0.0121. The third-order valence-corrected chi connectivity index (χ3v) is 4.67. The van der Waals surface area contributed by atoms with Gasteiger partial charge in [0, 0.05) is 37.1 Å². The Balaban J connectivity index is 1.44. The molecule has 0 atom stereocenters. The Labute approximate surface area is 159 Å². The molecule has 142 valence electrons. The molecule has 0 unspecified atom stereocenters. The summed E-state index contributed by atoms with van der Waals surface area (Å²) in [6.45, 7) is 3.86. The van der Waals surface area contributed by atoms with Crippen molar-refractivity contribution in [2.75, 3.05) is 19.7 Å². The first kappa shape index (κ1) is 18.9. The average molecular weight is 367 g/mol. The second-order valence-electron chi connectivity index (χ2n) is 6.62. The summed E-state index contributed by atoms with van der Waals surface area (Å²) in [5, 5.41) is 3.09. The number of ether oxygens (including phenoxy) is 1. The number of amides is 2. The number of piperidine rings is 1. The van der Waals surface area contributed by atoms with Crippen LogP contribution >= 0.6 is 0 Å². The summed E-state index contributed by atoms with van der Waals surface area (Å²) >= 11 is 0. The summed E-state index contributed by atoms with van der Waals surface area (Å²) < 4.78 is 5.41. The zero-order chi connectivity index (χ0) is 19.1. The highest BCUT2D eigenvalue weighted by atomic mass is 16.5. The van der Waals surface area contributed by atoms with Gasteiger partial charge in [-0.2, -0.15) is 0 Å². The summed E-state index contributed by atoms with van der Waals surface area (Å²) in [6, 6.07) is 11.2. The summed E-state index contributed by atoms with van der Waals surface area (Å²) in [7, 11) is 0. The smallest absolute Gasteiger partial charge is 0.253 e. The van der Waals surface area contributed by atoms with Gasteiger partial charge in [-0.3, -0.25) is 14.6 Å². The predicted molar refractivity (Wildman–Crippen MR) is 103 cm³/mol. The van der Waals surface area contributed by atoms with Crippen molar-refractivity contribution in [3.05, 3.63) is 59.9 Å². The summed E-state index contributed by atoms with van der Waals surface area (Å²) in [5.74, 6) is 0.850. The summed E-state index contributed by atoms with van der Waals surface area (Å²) in [4.78, 5) is 30.5. The number of rotatable bonds is 6. The molecular formula is C21H25N3O3. The Bertz CT molecular complexity index is 754. The van der Waals surface area contributed by atoms with Gasteiger partial charge in [-0.05, 0) is 49.6 Å². The number of likely N-dealkylation sites (tertiary alicyclic amines) is 1. The molecule has 2 aromatic rings. The lowest BCUT2D eigenvalue weighted by Crippen LogP contribution is -2.46. The summed E-state index contributed by atoms with van der Waals surface area (Å²) in [5.41, 5.74) is 1.62. The number of carbonyl (C=O) groups is 2. The highest BCUT2D eigenvalue weighted by Crippen LogP contribution is 2.15. The van der Waals surface area contributed by atoms with Crippen LogP contribution in [0.4, 0.5) is 0 Å². The molecule has 1 fully saturated rings. The number of aromatic nitrogens is 1. The zero-order valence-corrected chi connectivity index (χ0v) is 15.6. The van der Waals surface area contributed by atoms with Gasteiger partial charge in [0.25, 0.3) is 5.91 Å². The number of nitrogens with zero attached hydrogens (tertiary/aromatic N) is 2. The van der Waals surface area contributed by atoms with Crippen molar-refractivity contribution >= 4 is 11.8 Å². The lowest BCUT2D eigenvalue weighted by Gasteiger charge is -2.32. The van der Waals surface area contributed by atoms with E-state index in [-0.39, 0.29) is 17.9 Å². The topological polar surface area (TPSA) is 71.5 Å². The summed E-state index contributed by atoms with van der Waals surface area (Å²) in [6.07, 6.45) is 5.14. The maximum Gasteiger partial charge on any atom is 0.253 e. The van der Waals surface area contributed by atoms with E-state index in [2.05, 4.69) is 10.3 Å². The number of hydrogen-bond donors (Lipinski definition) is 1. The molecule has 1 aromatic carbocycles. The van der Waals surface area contributed by atoms with Crippen molar-refractivity contribution in [1.29, 1.82) is 0 Å². The van der Waals surface area contributed by atoms with E-state index in [1.165, 1.54) is 0 Å². The Kier molecular flexibility index (Phi) is 6.41. The monoisotopic (exact) mass is 367 g/mol. The largest absolute Gasteiger partial charge is 0.494 e. The van der Waals surface area contributed by atoms with Crippen LogP contribution in [-0.2, 0) is 11.2 Å². The van der Waals surface area contributed by atoms with Gasteiger partial charge in [0.1, 0.15) is 5.75 Å². The molecule has 2 heterocycles. The fraction of sp³-hybridized carbons (Fsp3) is 0.381. The number of carbonyl (C=O) groups excluding carboxylic acids is 2. The molecule has 6 heteroatoms.